The minimum Gasteiger partial charge on any atom is -0.318 e. The highest BCUT2D eigenvalue weighted by molar-refractivity contribution is 4.87. The van der Waals surface area contributed by atoms with E-state index in [1.807, 2.05) is 7.05 Å². The van der Waals surface area contributed by atoms with Crippen molar-refractivity contribution in [2.45, 2.75) is 39.3 Å². The second-order valence-electron chi connectivity index (χ2n) is 4.31. The van der Waals surface area contributed by atoms with Crippen molar-refractivity contribution in [2.24, 2.45) is 11.8 Å². The zero-order valence-corrected chi connectivity index (χ0v) is 8.72. The zero-order valence-electron chi connectivity index (χ0n) is 8.72. The van der Waals surface area contributed by atoms with Crippen LogP contribution in [0.3, 0.4) is 0 Å². The Labute approximate surface area is 76.1 Å². The Morgan fingerprint density at radius 2 is 1.92 bits per heavy atom. The van der Waals surface area contributed by atoms with Gasteiger partial charge in [-0.2, -0.15) is 0 Å². The molecule has 72 valence electrons. The van der Waals surface area contributed by atoms with E-state index in [9.17, 15) is 0 Å². The second kappa shape index (κ2) is 4.24. The van der Waals surface area contributed by atoms with E-state index in [2.05, 4.69) is 31.4 Å². The van der Waals surface area contributed by atoms with Gasteiger partial charge in [-0.1, -0.05) is 13.8 Å². The summed E-state index contributed by atoms with van der Waals surface area (Å²) in [4.78, 5) is 0. The van der Waals surface area contributed by atoms with Crippen LogP contribution in [0.15, 0.2) is 0 Å². The molecule has 0 aromatic rings. The first-order chi connectivity index (χ1) is 5.65. The third-order valence-corrected chi connectivity index (χ3v) is 3.19. The molecule has 0 bridgehead atoms. The minimum atomic E-state index is 0.668. The van der Waals surface area contributed by atoms with Crippen LogP contribution in [-0.4, -0.2) is 25.7 Å². The number of hydrogen-bond acceptors (Lipinski definition) is 2. The predicted molar refractivity (Wildman–Crippen MR) is 53.3 cm³/mol. The molecule has 2 nitrogen and oxygen atoms in total. The van der Waals surface area contributed by atoms with Gasteiger partial charge in [0.25, 0.3) is 0 Å². The van der Waals surface area contributed by atoms with Crippen molar-refractivity contribution < 1.29 is 0 Å². The molecule has 1 aliphatic rings. The Kier molecular flexibility index (Phi) is 3.53. The molecule has 1 fully saturated rings. The molecule has 0 aromatic heterocycles. The van der Waals surface area contributed by atoms with Crippen molar-refractivity contribution in [3.8, 4) is 0 Å². The topological polar surface area (TPSA) is 24.1 Å². The molecule has 0 amide bonds. The fourth-order valence-corrected chi connectivity index (χ4v) is 2.10. The van der Waals surface area contributed by atoms with Gasteiger partial charge < -0.3 is 10.6 Å². The average molecular weight is 170 g/mol. The summed E-state index contributed by atoms with van der Waals surface area (Å²) < 4.78 is 0. The normalized spacial score (nSPS) is 43.0. The van der Waals surface area contributed by atoms with E-state index in [4.69, 9.17) is 0 Å². The molecule has 0 saturated carbocycles. The van der Waals surface area contributed by atoms with Gasteiger partial charge >= 0.3 is 0 Å². The van der Waals surface area contributed by atoms with E-state index < -0.39 is 0 Å². The number of piperidine rings is 1. The molecule has 0 radical (unpaired) electrons. The molecule has 1 aliphatic heterocycles. The van der Waals surface area contributed by atoms with E-state index in [1.165, 1.54) is 6.42 Å². The van der Waals surface area contributed by atoms with Gasteiger partial charge in [-0.3, -0.25) is 0 Å². The lowest BCUT2D eigenvalue weighted by atomic mass is 9.82. The maximum atomic E-state index is 3.65. The van der Waals surface area contributed by atoms with Crippen molar-refractivity contribution in [3.05, 3.63) is 0 Å². The van der Waals surface area contributed by atoms with Gasteiger partial charge in [-0.15, -0.1) is 0 Å². The molecule has 1 saturated heterocycles. The van der Waals surface area contributed by atoms with E-state index in [-0.39, 0.29) is 0 Å². The van der Waals surface area contributed by atoms with Gasteiger partial charge in [0.2, 0.25) is 0 Å². The summed E-state index contributed by atoms with van der Waals surface area (Å²) in [5.41, 5.74) is 0. The van der Waals surface area contributed by atoms with E-state index in [0.29, 0.717) is 12.1 Å². The Bertz CT molecular complexity index is 136. The molecule has 0 aliphatic carbocycles. The van der Waals surface area contributed by atoms with Gasteiger partial charge in [0.1, 0.15) is 0 Å². The maximum Gasteiger partial charge on any atom is 0.0220 e. The summed E-state index contributed by atoms with van der Waals surface area (Å²) in [6.45, 7) is 8.07. The van der Waals surface area contributed by atoms with Crippen molar-refractivity contribution in [1.29, 1.82) is 0 Å². The van der Waals surface area contributed by atoms with Crippen LogP contribution in [0.2, 0.25) is 0 Å². The fraction of sp³-hybridized carbons (Fsp3) is 1.00. The maximum absolute atomic E-state index is 3.65. The average Bonchev–Trinajstić information content (AvgIpc) is 2.01. The number of likely N-dealkylation sites (N-methyl/N-ethyl adjacent to an activating group) is 1. The molecule has 1 rings (SSSR count). The van der Waals surface area contributed by atoms with E-state index in [1.54, 1.807) is 0 Å². The van der Waals surface area contributed by atoms with Crippen LogP contribution in [0, 0.1) is 11.8 Å². The van der Waals surface area contributed by atoms with Gasteiger partial charge in [0.05, 0.1) is 0 Å². The van der Waals surface area contributed by atoms with Crippen LogP contribution in [0.25, 0.3) is 0 Å². The lowest BCUT2D eigenvalue weighted by Gasteiger charge is -2.38. The van der Waals surface area contributed by atoms with Crippen LogP contribution in [-0.2, 0) is 0 Å². The van der Waals surface area contributed by atoms with Crippen LogP contribution < -0.4 is 10.6 Å². The number of hydrogen-bond donors (Lipinski definition) is 2. The molecule has 2 N–H and O–H groups in total. The highest BCUT2D eigenvalue weighted by atomic mass is 15.0. The zero-order chi connectivity index (χ0) is 9.14. The van der Waals surface area contributed by atoms with Crippen LogP contribution in [0.5, 0.6) is 0 Å². The second-order valence-corrected chi connectivity index (χ2v) is 4.31. The van der Waals surface area contributed by atoms with Gasteiger partial charge in [0.15, 0.2) is 0 Å². The SMILES string of the molecule is CNCC1NC(C)[C@@H](C)CC1C. The number of rotatable bonds is 2. The Balaban J connectivity index is 2.43. The lowest BCUT2D eigenvalue weighted by Crippen LogP contribution is -2.53. The number of nitrogens with one attached hydrogen (secondary N) is 2. The molecule has 1 heterocycles. The third-order valence-electron chi connectivity index (χ3n) is 3.19. The molecule has 4 atom stereocenters. The summed E-state index contributed by atoms with van der Waals surface area (Å²) in [6.07, 6.45) is 1.36. The van der Waals surface area contributed by atoms with Crippen molar-refractivity contribution in [2.75, 3.05) is 13.6 Å². The summed E-state index contributed by atoms with van der Waals surface area (Å²) >= 11 is 0. The molecule has 0 spiro atoms. The first-order valence-electron chi connectivity index (χ1n) is 5.05. The van der Waals surface area contributed by atoms with E-state index in [0.717, 1.165) is 18.4 Å². The molecule has 2 heteroatoms. The van der Waals surface area contributed by atoms with Gasteiger partial charge in [-0.25, -0.2) is 0 Å². The molecular weight excluding hydrogens is 148 g/mol. The van der Waals surface area contributed by atoms with Crippen LogP contribution in [0.1, 0.15) is 27.2 Å². The smallest absolute Gasteiger partial charge is 0.0220 e. The molecule has 0 aromatic carbocycles. The predicted octanol–water partition coefficient (Wildman–Crippen LogP) is 1.23. The highest BCUT2D eigenvalue weighted by Crippen LogP contribution is 2.23. The lowest BCUT2D eigenvalue weighted by molar-refractivity contribution is 0.191. The molecule has 12 heavy (non-hydrogen) atoms. The highest BCUT2D eigenvalue weighted by Gasteiger charge is 2.28. The first-order valence-corrected chi connectivity index (χ1v) is 5.05. The van der Waals surface area contributed by atoms with E-state index >= 15 is 0 Å². The van der Waals surface area contributed by atoms with Gasteiger partial charge in [0, 0.05) is 18.6 Å². The van der Waals surface area contributed by atoms with Crippen LogP contribution in [0.4, 0.5) is 0 Å². The Morgan fingerprint density at radius 1 is 1.25 bits per heavy atom. The quantitative estimate of drug-likeness (QED) is 0.651. The fourth-order valence-electron chi connectivity index (χ4n) is 2.10. The Morgan fingerprint density at radius 3 is 2.50 bits per heavy atom. The van der Waals surface area contributed by atoms with Crippen molar-refractivity contribution >= 4 is 0 Å². The monoisotopic (exact) mass is 170 g/mol. The summed E-state index contributed by atoms with van der Waals surface area (Å²) in [5, 5.41) is 6.89. The van der Waals surface area contributed by atoms with Gasteiger partial charge in [-0.05, 0) is 32.2 Å². The molecule has 3 unspecified atom stereocenters. The summed E-state index contributed by atoms with van der Waals surface area (Å²) in [7, 11) is 2.02. The largest absolute Gasteiger partial charge is 0.318 e. The summed E-state index contributed by atoms with van der Waals surface area (Å²) in [6, 6.07) is 1.35. The first kappa shape index (κ1) is 10.0. The summed E-state index contributed by atoms with van der Waals surface area (Å²) in [5.74, 6) is 1.64. The standard InChI is InChI=1S/C10H22N2/c1-7-5-8(2)10(6-11-4)12-9(7)3/h7-12H,5-6H2,1-4H3/t7-,8?,9?,10?/m0/s1. The molecular formula is C10H22N2. The third kappa shape index (κ3) is 2.20. The minimum absolute atomic E-state index is 0.668. The van der Waals surface area contributed by atoms with Crippen molar-refractivity contribution in [1.82, 2.24) is 10.6 Å². The van der Waals surface area contributed by atoms with Crippen molar-refractivity contribution in [3.63, 3.8) is 0 Å². The Hall–Kier alpha value is -0.0800. The van der Waals surface area contributed by atoms with Crippen LogP contribution >= 0.6 is 0 Å².